The number of nitrogens with zero attached hydrogens (tertiary/aromatic N) is 5. The minimum absolute atomic E-state index is 0.0160. The van der Waals surface area contributed by atoms with Crippen LogP contribution in [0.1, 0.15) is 71.0 Å². The van der Waals surface area contributed by atoms with E-state index in [0.717, 1.165) is 12.1 Å². The van der Waals surface area contributed by atoms with Gasteiger partial charge < -0.3 is 21.3 Å². The fourth-order valence-corrected chi connectivity index (χ4v) is 8.11. The van der Waals surface area contributed by atoms with Crippen molar-refractivity contribution >= 4 is 22.6 Å². The maximum atomic E-state index is 16.0. The van der Waals surface area contributed by atoms with Crippen molar-refractivity contribution in [3.8, 4) is 23.0 Å². The van der Waals surface area contributed by atoms with Gasteiger partial charge in [0.1, 0.15) is 34.7 Å². The predicted octanol–water partition coefficient (Wildman–Crippen LogP) is 5.87. The summed E-state index contributed by atoms with van der Waals surface area (Å²) >= 11 is 0. The third kappa shape index (κ3) is 6.26. The van der Waals surface area contributed by atoms with Crippen LogP contribution in [0.4, 0.5) is 36.6 Å². The molecule has 4 atom stereocenters. The molecule has 1 unspecified atom stereocenters. The number of pyridine rings is 1. The number of benzene rings is 2. The van der Waals surface area contributed by atoms with Crippen LogP contribution in [0.15, 0.2) is 48.5 Å². The van der Waals surface area contributed by atoms with E-state index in [1.165, 1.54) is 10.7 Å². The van der Waals surface area contributed by atoms with Gasteiger partial charge in [0.05, 0.1) is 24.4 Å². The van der Waals surface area contributed by atoms with Gasteiger partial charge in [-0.1, -0.05) is 18.1 Å². The van der Waals surface area contributed by atoms with Gasteiger partial charge in [0.15, 0.2) is 11.5 Å². The average Bonchev–Trinajstić information content (AvgIpc) is 3.66. The summed E-state index contributed by atoms with van der Waals surface area (Å²) < 4.78 is 112. The molecular formula is C38H32F7N7O3. The minimum Gasteiger partial charge on any atom is -0.382 e. The molecule has 2 fully saturated rings. The Morgan fingerprint density at radius 2 is 1.78 bits per heavy atom. The van der Waals surface area contributed by atoms with Crippen LogP contribution < -0.4 is 11.5 Å². The molecule has 55 heavy (non-hydrogen) atoms. The summed E-state index contributed by atoms with van der Waals surface area (Å²) in [5, 5.41) is 19.5. The molecule has 1 aliphatic heterocycles. The van der Waals surface area contributed by atoms with Crippen LogP contribution in [0.3, 0.4) is 0 Å². The van der Waals surface area contributed by atoms with E-state index < -0.39 is 82.4 Å². The zero-order chi connectivity index (χ0) is 39.2. The number of ether oxygens (including phenoxy) is 1. The predicted molar refractivity (Wildman–Crippen MR) is 183 cm³/mol. The van der Waals surface area contributed by atoms with Gasteiger partial charge in [-0.05, 0) is 60.6 Å². The Labute approximate surface area is 308 Å². The number of alkyl halides is 5. The van der Waals surface area contributed by atoms with Crippen molar-refractivity contribution in [3.05, 3.63) is 94.1 Å². The largest absolute Gasteiger partial charge is 0.435 e. The Morgan fingerprint density at radius 3 is 2.45 bits per heavy atom. The number of primary amides is 1. The monoisotopic (exact) mass is 767 g/mol. The van der Waals surface area contributed by atoms with Crippen molar-refractivity contribution in [3.63, 3.8) is 0 Å². The van der Waals surface area contributed by atoms with Crippen molar-refractivity contribution in [2.75, 3.05) is 18.9 Å². The molecule has 0 spiro atoms. The number of hydrogen-bond donors (Lipinski definition) is 3. The summed E-state index contributed by atoms with van der Waals surface area (Å²) in [7, 11) is 1.61. The number of halogens is 7. The summed E-state index contributed by atoms with van der Waals surface area (Å²) in [6.07, 6.45) is -5.54. The number of carbonyl (C=O) groups excluding carboxylic acids is 1. The van der Waals surface area contributed by atoms with Gasteiger partial charge in [-0.15, -0.1) is 0 Å². The van der Waals surface area contributed by atoms with Gasteiger partial charge in [0.25, 0.3) is 5.92 Å². The molecule has 8 rings (SSSR count). The molecule has 1 amide bonds. The molecule has 2 aliphatic carbocycles. The topological polar surface area (TPSA) is 147 Å². The number of nitrogen functional groups attached to an aromatic ring is 1. The molecule has 1 saturated carbocycles. The van der Waals surface area contributed by atoms with Gasteiger partial charge in [0, 0.05) is 59.9 Å². The second-order valence-electron chi connectivity index (χ2n) is 14.3. The summed E-state index contributed by atoms with van der Waals surface area (Å²) in [5.74, 6) is -5.58. The second kappa shape index (κ2) is 12.8. The van der Waals surface area contributed by atoms with Crippen LogP contribution in [0, 0.1) is 29.4 Å². The highest BCUT2D eigenvalue weighted by Crippen LogP contribution is 2.69. The first kappa shape index (κ1) is 36.5. The highest BCUT2D eigenvalue weighted by molar-refractivity contribution is 6.00. The van der Waals surface area contributed by atoms with E-state index in [9.17, 15) is 31.9 Å². The first-order valence-corrected chi connectivity index (χ1v) is 17.3. The first-order valence-electron chi connectivity index (χ1n) is 17.3. The van der Waals surface area contributed by atoms with E-state index in [1.807, 2.05) is 0 Å². The van der Waals surface area contributed by atoms with Crippen molar-refractivity contribution < 1.29 is 45.4 Å². The SMILES string of the molecule is Cn1nc(N)c2cccc(-c3ccc(C#CC4(O)CCOCC4)nc3[C@@H](Cc3cc(F)cc(F)c3)C(C(N)=O)n3nc(C(F)(F)F)c4c3C(F)(F)[C@@H]3C[C@H]43)c21. The van der Waals surface area contributed by atoms with Crippen molar-refractivity contribution in [1.29, 1.82) is 0 Å². The lowest BCUT2D eigenvalue weighted by atomic mass is 9.84. The van der Waals surface area contributed by atoms with Crippen molar-refractivity contribution in [2.45, 2.75) is 61.3 Å². The zero-order valence-corrected chi connectivity index (χ0v) is 29.0. The number of amides is 1. The highest BCUT2D eigenvalue weighted by Gasteiger charge is 2.69. The van der Waals surface area contributed by atoms with Crippen LogP contribution >= 0.6 is 0 Å². The van der Waals surface area contributed by atoms with E-state index in [0.29, 0.717) is 27.2 Å². The van der Waals surface area contributed by atoms with E-state index in [1.54, 1.807) is 31.3 Å². The molecule has 286 valence electrons. The molecule has 5 N–H and O–H groups in total. The van der Waals surface area contributed by atoms with E-state index in [4.69, 9.17) is 21.2 Å². The molecule has 17 heteroatoms. The average molecular weight is 768 g/mol. The summed E-state index contributed by atoms with van der Waals surface area (Å²) in [6.45, 7) is 0.487. The number of para-hydroxylation sites is 1. The molecule has 10 nitrogen and oxygen atoms in total. The molecule has 0 radical (unpaired) electrons. The van der Waals surface area contributed by atoms with Crippen LogP contribution in [0.5, 0.6) is 0 Å². The van der Waals surface area contributed by atoms with E-state index >= 15 is 8.78 Å². The Bertz CT molecular complexity index is 2420. The summed E-state index contributed by atoms with van der Waals surface area (Å²) in [4.78, 5) is 18.5. The Hall–Kier alpha value is -5.47. The number of aliphatic hydroxyl groups is 1. The van der Waals surface area contributed by atoms with Crippen LogP contribution in [-0.2, 0) is 35.1 Å². The number of aryl methyl sites for hydroxylation is 1. The fourth-order valence-electron chi connectivity index (χ4n) is 8.11. The van der Waals surface area contributed by atoms with Gasteiger partial charge >= 0.3 is 6.18 Å². The molecule has 3 aromatic heterocycles. The van der Waals surface area contributed by atoms with Crippen LogP contribution in [0.2, 0.25) is 0 Å². The number of aromatic nitrogens is 5. The lowest BCUT2D eigenvalue weighted by molar-refractivity contribution is -0.142. The van der Waals surface area contributed by atoms with Crippen LogP contribution in [0.25, 0.3) is 22.0 Å². The number of anilines is 1. The maximum absolute atomic E-state index is 16.0. The number of carbonyl (C=O) groups is 1. The molecule has 4 heterocycles. The number of hydrogen-bond acceptors (Lipinski definition) is 7. The molecule has 0 bridgehead atoms. The molecule has 2 aromatic carbocycles. The Kier molecular flexibility index (Phi) is 8.50. The van der Waals surface area contributed by atoms with Gasteiger partial charge in [0.2, 0.25) is 5.91 Å². The summed E-state index contributed by atoms with van der Waals surface area (Å²) in [5.41, 5.74) is 8.27. The van der Waals surface area contributed by atoms with E-state index in [2.05, 4.69) is 22.0 Å². The number of fused-ring (bicyclic) bond motifs is 4. The fraction of sp³-hybridized carbons (Fsp3) is 0.368. The molecular weight excluding hydrogens is 735 g/mol. The normalized spacial score (nSPS) is 20.7. The van der Waals surface area contributed by atoms with Gasteiger partial charge in [-0.3, -0.25) is 9.48 Å². The third-order valence-electron chi connectivity index (χ3n) is 10.7. The zero-order valence-electron chi connectivity index (χ0n) is 29.0. The van der Waals surface area contributed by atoms with Gasteiger partial charge in [-0.2, -0.15) is 32.1 Å². The quantitative estimate of drug-likeness (QED) is 0.139. The Morgan fingerprint density at radius 1 is 1.07 bits per heavy atom. The highest BCUT2D eigenvalue weighted by atomic mass is 19.4. The lowest BCUT2D eigenvalue weighted by Gasteiger charge is -2.29. The van der Waals surface area contributed by atoms with Gasteiger partial charge in [-0.25, -0.2) is 18.4 Å². The van der Waals surface area contributed by atoms with E-state index in [-0.39, 0.29) is 60.8 Å². The molecule has 1 saturated heterocycles. The standard InChI is InChI=1S/C38H32F7N7O3/c1-51-30-23(3-2-4-24(30)34(46)50-51)22-6-5-21(7-8-36(54)9-11-55-12-10-36)48-29(22)26(15-18-13-19(39)16-20(40)14-18)31(35(47)53)52-33-28(32(49-52)38(43,44)45)25-17-27(25)37(33,41)42/h2-6,13-14,16,25-27,31,54H,9-12,15,17H2,1H3,(H2,46,50)(H2,47,53)/t25-,26+,27+,31?/m0/s1. The van der Waals surface area contributed by atoms with Crippen molar-refractivity contribution in [2.24, 2.45) is 18.7 Å². The molecule has 5 aromatic rings. The smallest absolute Gasteiger partial charge is 0.382 e. The maximum Gasteiger partial charge on any atom is 0.435 e. The third-order valence-corrected chi connectivity index (χ3v) is 10.7. The Balaban J connectivity index is 1.41. The summed E-state index contributed by atoms with van der Waals surface area (Å²) in [6, 6.07) is 8.44. The molecule has 3 aliphatic rings. The number of rotatable bonds is 7. The van der Waals surface area contributed by atoms with Crippen molar-refractivity contribution in [1.82, 2.24) is 24.5 Å². The number of nitrogens with two attached hydrogens (primary N) is 2. The minimum atomic E-state index is -5.18. The lowest BCUT2D eigenvalue weighted by Crippen LogP contribution is -2.37. The first-order chi connectivity index (χ1) is 26.0. The second-order valence-corrected chi connectivity index (χ2v) is 14.3. The van der Waals surface area contributed by atoms with Crippen LogP contribution in [-0.4, -0.2) is 54.4 Å².